The van der Waals surface area contributed by atoms with E-state index >= 15 is 0 Å². The van der Waals surface area contributed by atoms with Crippen molar-refractivity contribution in [3.05, 3.63) is 42.5 Å². The number of rotatable bonds is 2. The zero-order valence-electron chi connectivity index (χ0n) is 14.4. The van der Waals surface area contributed by atoms with Crippen molar-refractivity contribution < 1.29 is 18.7 Å². The number of aromatic nitrogens is 3. The molecule has 0 aliphatic rings. The maximum absolute atomic E-state index is 14.2. The summed E-state index contributed by atoms with van der Waals surface area (Å²) in [5.74, 6) is -0.0582. The lowest BCUT2D eigenvalue weighted by molar-refractivity contribution is 0.0522. The summed E-state index contributed by atoms with van der Waals surface area (Å²) >= 11 is 0. The van der Waals surface area contributed by atoms with Gasteiger partial charge in [-0.1, -0.05) is 6.07 Å². The Labute approximate surface area is 144 Å². The minimum atomic E-state index is -0.636. The number of hydrogen-bond acceptors (Lipinski definition) is 5. The number of fused-ring (bicyclic) bond motifs is 1. The third-order valence-electron chi connectivity index (χ3n) is 3.47. The number of ether oxygens (including phenoxy) is 2. The molecule has 6 nitrogen and oxygen atoms in total. The number of pyridine rings is 1. The Kier molecular flexibility index (Phi) is 4.16. The molecule has 130 valence electrons. The molecule has 25 heavy (non-hydrogen) atoms. The van der Waals surface area contributed by atoms with E-state index in [4.69, 9.17) is 9.47 Å². The molecular formula is C18H18FN3O3. The zero-order chi connectivity index (χ0) is 18.2. The molecule has 7 heteroatoms. The fraction of sp³-hybridized carbons (Fsp3) is 0.278. The topological polar surface area (TPSA) is 66.2 Å². The van der Waals surface area contributed by atoms with E-state index in [1.54, 1.807) is 39.0 Å². The number of hydrogen-bond donors (Lipinski definition) is 0. The van der Waals surface area contributed by atoms with E-state index in [1.807, 2.05) is 0 Å². The Hall–Kier alpha value is -2.96. The summed E-state index contributed by atoms with van der Waals surface area (Å²) in [4.78, 5) is 16.5. The normalized spacial score (nSPS) is 11.6. The van der Waals surface area contributed by atoms with Gasteiger partial charge in [0.25, 0.3) is 0 Å². The highest BCUT2D eigenvalue weighted by atomic mass is 19.1. The van der Waals surface area contributed by atoms with Gasteiger partial charge in [-0.25, -0.2) is 9.18 Å². The molecule has 2 heterocycles. The summed E-state index contributed by atoms with van der Waals surface area (Å²) in [6.07, 6.45) is 2.38. The molecule has 0 N–H and O–H groups in total. The van der Waals surface area contributed by atoms with E-state index in [0.717, 1.165) is 4.68 Å². The Balaban J connectivity index is 2.05. The van der Waals surface area contributed by atoms with Gasteiger partial charge in [0, 0.05) is 5.39 Å². The third kappa shape index (κ3) is 3.31. The average molecular weight is 343 g/mol. The van der Waals surface area contributed by atoms with Crippen LogP contribution in [0.1, 0.15) is 20.8 Å². The van der Waals surface area contributed by atoms with Crippen LogP contribution in [-0.2, 0) is 4.74 Å². The number of nitrogens with zero attached hydrogens (tertiary/aromatic N) is 3. The van der Waals surface area contributed by atoms with Gasteiger partial charge >= 0.3 is 6.09 Å². The number of carbonyl (C=O) groups is 1. The highest BCUT2D eigenvalue weighted by Crippen LogP contribution is 2.32. The predicted octanol–water partition coefficient (Wildman–Crippen LogP) is 4.03. The van der Waals surface area contributed by atoms with Crippen LogP contribution in [0.5, 0.6) is 5.75 Å². The molecule has 0 unspecified atom stereocenters. The number of methoxy groups -OCH3 is 1. The molecule has 0 aliphatic carbocycles. The van der Waals surface area contributed by atoms with Crippen LogP contribution >= 0.6 is 0 Å². The second-order valence-corrected chi connectivity index (χ2v) is 6.48. The smallest absolute Gasteiger partial charge is 0.435 e. The van der Waals surface area contributed by atoms with Crippen molar-refractivity contribution in [1.82, 2.24) is 14.8 Å². The molecule has 3 rings (SSSR count). The van der Waals surface area contributed by atoms with E-state index in [9.17, 15) is 9.18 Å². The predicted molar refractivity (Wildman–Crippen MR) is 91.1 cm³/mol. The zero-order valence-corrected chi connectivity index (χ0v) is 14.4. The van der Waals surface area contributed by atoms with Crippen LogP contribution in [-0.4, -0.2) is 33.6 Å². The van der Waals surface area contributed by atoms with E-state index in [1.165, 1.54) is 25.6 Å². The van der Waals surface area contributed by atoms with Gasteiger partial charge in [-0.05, 0) is 39.0 Å². The van der Waals surface area contributed by atoms with Crippen LogP contribution < -0.4 is 4.74 Å². The van der Waals surface area contributed by atoms with Crippen molar-refractivity contribution in [2.24, 2.45) is 0 Å². The molecule has 0 saturated heterocycles. The van der Waals surface area contributed by atoms with E-state index < -0.39 is 17.5 Å². The van der Waals surface area contributed by atoms with Gasteiger partial charge in [-0.15, -0.1) is 0 Å². The van der Waals surface area contributed by atoms with Crippen LogP contribution in [0.15, 0.2) is 36.7 Å². The van der Waals surface area contributed by atoms with Gasteiger partial charge in [-0.2, -0.15) is 9.78 Å². The van der Waals surface area contributed by atoms with Crippen molar-refractivity contribution in [3.63, 3.8) is 0 Å². The SMILES string of the molecule is COc1cccc(F)c1-c1cc2cnn(C(=O)OC(C)(C)C)c2cn1. The van der Waals surface area contributed by atoms with Crippen LogP contribution in [0.2, 0.25) is 0 Å². The summed E-state index contributed by atoms with van der Waals surface area (Å²) in [5, 5.41) is 4.70. The largest absolute Gasteiger partial charge is 0.496 e. The fourth-order valence-electron chi connectivity index (χ4n) is 2.44. The fourth-order valence-corrected chi connectivity index (χ4v) is 2.44. The molecule has 2 aromatic heterocycles. The minimum Gasteiger partial charge on any atom is -0.496 e. The van der Waals surface area contributed by atoms with E-state index in [0.29, 0.717) is 22.3 Å². The Morgan fingerprint density at radius 2 is 2.00 bits per heavy atom. The quantitative estimate of drug-likeness (QED) is 0.703. The minimum absolute atomic E-state index is 0.261. The standard InChI is InChI=1S/C18H18FN3O3/c1-18(2,3)25-17(23)22-14-10-20-13(8-11(14)9-21-22)16-12(19)6-5-7-15(16)24-4/h5-10H,1-4H3. The van der Waals surface area contributed by atoms with Crippen molar-refractivity contribution in [2.45, 2.75) is 26.4 Å². The molecular weight excluding hydrogens is 325 g/mol. The first-order chi connectivity index (χ1) is 11.8. The van der Waals surface area contributed by atoms with Crippen molar-refractivity contribution >= 4 is 17.0 Å². The van der Waals surface area contributed by atoms with Crippen molar-refractivity contribution in [3.8, 4) is 17.0 Å². The summed E-state index contributed by atoms with van der Waals surface area (Å²) in [6.45, 7) is 5.33. The molecule has 0 spiro atoms. The molecule has 3 aromatic rings. The van der Waals surface area contributed by atoms with Gasteiger partial charge in [0.15, 0.2) is 0 Å². The first-order valence-electron chi connectivity index (χ1n) is 7.70. The number of halogens is 1. The second-order valence-electron chi connectivity index (χ2n) is 6.48. The van der Waals surface area contributed by atoms with Crippen LogP contribution in [0, 0.1) is 5.82 Å². The first-order valence-corrected chi connectivity index (χ1v) is 7.70. The lowest BCUT2D eigenvalue weighted by Gasteiger charge is -2.19. The van der Waals surface area contributed by atoms with Gasteiger partial charge < -0.3 is 9.47 Å². The maximum atomic E-state index is 14.2. The molecule has 0 bridgehead atoms. The highest BCUT2D eigenvalue weighted by molar-refractivity contribution is 5.89. The third-order valence-corrected chi connectivity index (χ3v) is 3.47. The molecule has 0 atom stereocenters. The Bertz CT molecular complexity index is 944. The molecule has 0 amide bonds. The molecule has 0 aliphatic heterocycles. The number of carbonyl (C=O) groups excluding carboxylic acids is 1. The molecule has 1 aromatic carbocycles. The van der Waals surface area contributed by atoms with Crippen LogP contribution in [0.4, 0.5) is 9.18 Å². The van der Waals surface area contributed by atoms with E-state index in [-0.39, 0.29) is 5.56 Å². The van der Waals surface area contributed by atoms with E-state index in [2.05, 4.69) is 10.1 Å². The summed E-state index contributed by atoms with van der Waals surface area (Å²) in [6, 6.07) is 6.23. The van der Waals surface area contributed by atoms with Crippen LogP contribution in [0.3, 0.4) is 0 Å². The van der Waals surface area contributed by atoms with Gasteiger partial charge in [0.1, 0.15) is 17.2 Å². The first kappa shape index (κ1) is 16.9. The summed E-state index contributed by atoms with van der Waals surface area (Å²) in [5.41, 5.74) is 0.500. The second kappa shape index (κ2) is 6.16. The lowest BCUT2D eigenvalue weighted by Crippen LogP contribution is -2.27. The molecule has 0 fully saturated rings. The van der Waals surface area contributed by atoms with Gasteiger partial charge in [0.05, 0.1) is 36.3 Å². The average Bonchev–Trinajstić information content (AvgIpc) is 2.96. The van der Waals surface area contributed by atoms with Crippen molar-refractivity contribution in [2.75, 3.05) is 7.11 Å². The van der Waals surface area contributed by atoms with Gasteiger partial charge in [-0.3, -0.25) is 4.98 Å². The Morgan fingerprint density at radius 1 is 1.24 bits per heavy atom. The van der Waals surface area contributed by atoms with Crippen molar-refractivity contribution in [1.29, 1.82) is 0 Å². The number of benzene rings is 1. The summed E-state index contributed by atoms with van der Waals surface area (Å²) < 4.78 is 25.9. The highest BCUT2D eigenvalue weighted by Gasteiger charge is 2.21. The van der Waals surface area contributed by atoms with Gasteiger partial charge in [0.2, 0.25) is 0 Å². The molecule has 0 radical (unpaired) electrons. The summed E-state index contributed by atoms with van der Waals surface area (Å²) in [7, 11) is 1.47. The lowest BCUT2D eigenvalue weighted by atomic mass is 10.1. The van der Waals surface area contributed by atoms with Crippen LogP contribution in [0.25, 0.3) is 22.2 Å². The maximum Gasteiger partial charge on any atom is 0.435 e. The Morgan fingerprint density at radius 3 is 2.68 bits per heavy atom. The monoisotopic (exact) mass is 343 g/mol. The molecule has 0 saturated carbocycles.